The van der Waals surface area contributed by atoms with E-state index in [1.807, 2.05) is 0 Å². The fourth-order valence-electron chi connectivity index (χ4n) is 2.11. The molecule has 1 fully saturated rings. The van der Waals surface area contributed by atoms with Crippen molar-refractivity contribution < 1.29 is 4.79 Å². The lowest BCUT2D eigenvalue weighted by atomic mass is 10.2. The summed E-state index contributed by atoms with van der Waals surface area (Å²) < 4.78 is 0. The Balaban J connectivity index is 1.96. The zero-order chi connectivity index (χ0) is 16.6. The van der Waals surface area contributed by atoms with Gasteiger partial charge in [-0.05, 0) is 49.2 Å². The molecule has 1 saturated carbocycles. The Morgan fingerprint density at radius 1 is 0.957 bits per heavy atom. The summed E-state index contributed by atoms with van der Waals surface area (Å²) in [6.07, 6.45) is 1.74. The highest BCUT2D eigenvalue weighted by atomic mass is 35.5. The van der Waals surface area contributed by atoms with Crippen LogP contribution in [0.25, 0.3) is 0 Å². The number of anilines is 2. The first-order chi connectivity index (χ1) is 11.0. The van der Waals surface area contributed by atoms with Crippen molar-refractivity contribution in [1.82, 2.24) is 0 Å². The van der Waals surface area contributed by atoms with Crippen LogP contribution >= 0.6 is 46.4 Å². The van der Waals surface area contributed by atoms with E-state index < -0.39 is 0 Å². The number of rotatable bonds is 4. The number of hydrogen-bond donors (Lipinski definition) is 1. The van der Waals surface area contributed by atoms with E-state index in [9.17, 15) is 4.79 Å². The van der Waals surface area contributed by atoms with E-state index >= 15 is 0 Å². The van der Waals surface area contributed by atoms with Crippen LogP contribution in [0.2, 0.25) is 20.1 Å². The number of carbonyl (C=O) groups is 1. The number of benzene rings is 2. The third-order valence-corrected chi connectivity index (χ3v) is 4.55. The molecule has 3 rings (SSSR count). The lowest BCUT2D eigenvalue weighted by Crippen LogP contribution is -2.37. The van der Waals surface area contributed by atoms with Crippen molar-refractivity contribution in [2.75, 3.05) is 10.4 Å². The molecule has 1 aliphatic carbocycles. The standard InChI is InChI=1S/C16H12Cl4N2O/c17-10-3-5-14(12(19)7-10)21-22(16(23)9-1-2-9)15-6-4-11(18)8-13(15)20/h3-9,21H,1-2H2. The molecule has 1 amide bonds. The van der Waals surface area contributed by atoms with Gasteiger partial charge < -0.3 is 0 Å². The molecule has 120 valence electrons. The Bertz CT molecular complexity index is 762. The molecule has 2 aromatic carbocycles. The van der Waals surface area contributed by atoms with E-state index in [0.717, 1.165) is 12.8 Å². The van der Waals surface area contributed by atoms with Crippen molar-refractivity contribution in [1.29, 1.82) is 0 Å². The maximum atomic E-state index is 12.6. The monoisotopic (exact) mass is 388 g/mol. The molecule has 0 radical (unpaired) electrons. The second kappa shape index (κ2) is 6.78. The van der Waals surface area contributed by atoms with Gasteiger partial charge in [0.1, 0.15) is 0 Å². The van der Waals surface area contributed by atoms with Gasteiger partial charge >= 0.3 is 0 Å². The molecule has 0 spiro atoms. The maximum absolute atomic E-state index is 12.6. The number of halogens is 4. The number of hydrogen-bond acceptors (Lipinski definition) is 2. The van der Waals surface area contributed by atoms with Crippen molar-refractivity contribution in [3.63, 3.8) is 0 Å². The third kappa shape index (κ3) is 3.86. The second-order valence-electron chi connectivity index (χ2n) is 5.28. The molecule has 23 heavy (non-hydrogen) atoms. The fourth-order valence-corrected chi connectivity index (χ4v) is 3.05. The van der Waals surface area contributed by atoms with E-state index in [1.54, 1.807) is 36.4 Å². The van der Waals surface area contributed by atoms with Crippen LogP contribution < -0.4 is 10.4 Å². The van der Waals surface area contributed by atoms with Gasteiger partial charge in [0.05, 0.1) is 21.4 Å². The summed E-state index contributed by atoms with van der Waals surface area (Å²) in [6.45, 7) is 0. The van der Waals surface area contributed by atoms with Gasteiger partial charge in [-0.3, -0.25) is 10.2 Å². The summed E-state index contributed by atoms with van der Waals surface area (Å²) in [5.41, 5.74) is 4.13. The topological polar surface area (TPSA) is 32.3 Å². The van der Waals surface area contributed by atoms with Gasteiger partial charge in [-0.15, -0.1) is 0 Å². The molecule has 1 aliphatic rings. The summed E-state index contributed by atoms with van der Waals surface area (Å²) in [5, 5.41) is 3.23. The quantitative estimate of drug-likeness (QED) is 0.643. The van der Waals surface area contributed by atoms with Gasteiger partial charge in [-0.1, -0.05) is 46.4 Å². The smallest absolute Gasteiger partial charge is 0.248 e. The van der Waals surface area contributed by atoms with Crippen molar-refractivity contribution in [3.05, 3.63) is 56.5 Å². The summed E-state index contributed by atoms with van der Waals surface area (Å²) in [5.74, 6) is -0.0550. The largest absolute Gasteiger partial charge is 0.290 e. The van der Waals surface area contributed by atoms with Crippen LogP contribution in [0, 0.1) is 5.92 Å². The van der Waals surface area contributed by atoms with Crippen LogP contribution in [-0.4, -0.2) is 5.91 Å². The molecule has 3 nitrogen and oxygen atoms in total. The molecule has 7 heteroatoms. The zero-order valence-electron chi connectivity index (χ0n) is 11.8. The predicted molar refractivity (Wildman–Crippen MR) is 96.8 cm³/mol. The van der Waals surface area contributed by atoms with Crippen LogP contribution in [0.3, 0.4) is 0 Å². The normalized spacial score (nSPS) is 13.7. The van der Waals surface area contributed by atoms with E-state index in [-0.39, 0.29) is 11.8 Å². The fraction of sp³-hybridized carbons (Fsp3) is 0.188. The molecular formula is C16H12Cl4N2O. The first-order valence-corrected chi connectivity index (χ1v) is 8.47. The Kier molecular flexibility index (Phi) is 4.93. The summed E-state index contributed by atoms with van der Waals surface area (Å²) in [6, 6.07) is 9.98. The number of carbonyl (C=O) groups excluding carboxylic acids is 1. The molecule has 0 aromatic heterocycles. The Labute approximate surface area is 154 Å². The summed E-state index contributed by atoms with van der Waals surface area (Å²) in [4.78, 5) is 12.6. The second-order valence-corrected chi connectivity index (χ2v) is 6.97. The maximum Gasteiger partial charge on any atom is 0.248 e. The average molecular weight is 390 g/mol. The molecular weight excluding hydrogens is 378 g/mol. The van der Waals surface area contributed by atoms with Crippen LogP contribution in [0.15, 0.2) is 36.4 Å². The molecule has 0 saturated heterocycles. The number of nitrogens with zero attached hydrogens (tertiary/aromatic N) is 1. The molecule has 0 unspecified atom stereocenters. The first kappa shape index (κ1) is 16.7. The summed E-state index contributed by atoms with van der Waals surface area (Å²) >= 11 is 24.3. The average Bonchev–Trinajstić information content (AvgIpc) is 3.31. The van der Waals surface area contributed by atoms with E-state index in [2.05, 4.69) is 5.43 Å². The van der Waals surface area contributed by atoms with Crippen LogP contribution in [-0.2, 0) is 4.79 Å². The molecule has 1 N–H and O–H groups in total. The Hall–Kier alpha value is -1.13. The zero-order valence-corrected chi connectivity index (χ0v) is 14.8. The molecule has 0 aliphatic heterocycles. The number of amides is 1. The van der Waals surface area contributed by atoms with Crippen molar-refractivity contribution in [3.8, 4) is 0 Å². The highest BCUT2D eigenvalue weighted by Gasteiger charge is 2.35. The minimum atomic E-state index is -0.0553. The SMILES string of the molecule is O=C(C1CC1)N(Nc1ccc(Cl)cc1Cl)c1ccc(Cl)cc1Cl. The third-order valence-electron chi connectivity index (χ3n) is 3.46. The first-order valence-electron chi connectivity index (χ1n) is 6.96. The van der Waals surface area contributed by atoms with Gasteiger partial charge in [-0.2, -0.15) is 0 Å². The van der Waals surface area contributed by atoms with Gasteiger partial charge in [0.25, 0.3) is 0 Å². The number of hydrazine groups is 1. The van der Waals surface area contributed by atoms with E-state index in [0.29, 0.717) is 31.5 Å². The molecule has 0 atom stereocenters. The Morgan fingerprint density at radius 3 is 2.13 bits per heavy atom. The van der Waals surface area contributed by atoms with Gasteiger partial charge in [0.2, 0.25) is 5.91 Å². The molecule has 0 bridgehead atoms. The Morgan fingerprint density at radius 2 is 1.57 bits per heavy atom. The van der Waals surface area contributed by atoms with Crippen molar-refractivity contribution in [2.45, 2.75) is 12.8 Å². The lowest BCUT2D eigenvalue weighted by molar-refractivity contribution is -0.119. The van der Waals surface area contributed by atoms with Crippen LogP contribution in [0.4, 0.5) is 11.4 Å². The highest BCUT2D eigenvalue weighted by Crippen LogP contribution is 2.37. The lowest BCUT2D eigenvalue weighted by Gasteiger charge is -2.26. The van der Waals surface area contributed by atoms with E-state index in [4.69, 9.17) is 46.4 Å². The minimum Gasteiger partial charge on any atom is -0.290 e. The van der Waals surface area contributed by atoms with Crippen LogP contribution in [0.1, 0.15) is 12.8 Å². The highest BCUT2D eigenvalue weighted by molar-refractivity contribution is 6.37. The predicted octanol–water partition coefficient (Wildman–Crippen LogP) is 6.07. The van der Waals surface area contributed by atoms with Crippen LogP contribution in [0.5, 0.6) is 0 Å². The van der Waals surface area contributed by atoms with Gasteiger partial charge in [0.15, 0.2) is 0 Å². The van der Waals surface area contributed by atoms with Crippen molar-refractivity contribution >= 4 is 63.7 Å². The van der Waals surface area contributed by atoms with Crippen molar-refractivity contribution in [2.24, 2.45) is 5.92 Å². The summed E-state index contributed by atoms with van der Waals surface area (Å²) in [7, 11) is 0. The molecule has 0 heterocycles. The number of nitrogens with one attached hydrogen (secondary N) is 1. The minimum absolute atomic E-state index is 0.000297. The van der Waals surface area contributed by atoms with Gasteiger partial charge in [-0.25, -0.2) is 5.01 Å². The van der Waals surface area contributed by atoms with Gasteiger partial charge in [0, 0.05) is 16.0 Å². The van der Waals surface area contributed by atoms with E-state index in [1.165, 1.54) is 5.01 Å². The molecule has 2 aromatic rings.